The molecular formula is C11H17N3O. The van der Waals surface area contributed by atoms with Gasteiger partial charge in [-0.25, -0.2) is 4.98 Å². The van der Waals surface area contributed by atoms with E-state index in [1.165, 1.54) is 0 Å². The lowest BCUT2D eigenvalue weighted by Crippen LogP contribution is -2.39. The molecule has 1 aliphatic carbocycles. The maximum Gasteiger partial charge on any atom is 0.147 e. The molecule has 1 fully saturated rings. The quantitative estimate of drug-likeness (QED) is 0.784. The predicted octanol–water partition coefficient (Wildman–Crippen LogP) is 1.28. The van der Waals surface area contributed by atoms with Crippen LogP contribution in [0, 0.1) is 6.92 Å². The number of aryl methyl sites for hydroxylation is 1. The lowest BCUT2D eigenvalue weighted by molar-refractivity contribution is -0.0329. The van der Waals surface area contributed by atoms with Crippen LogP contribution in [0.4, 0.5) is 5.82 Å². The summed E-state index contributed by atoms with van der Waals surface area (Å²) in [6.07, 6.45) is 5.23. The van der Waals surface area contributed by atoms with E-state index in [0.717, 1.165) is 36.5 Å². The molecule has 15 heavy (non-hydrogen) atoms. The molecule has 82 valence electrons. The molecule has 0 aliphatic heterocycles. The average molecular weight is 207 g/mol. The summed E-state index contributed by atoms with van der Waals surface area (Å²) in [5.41, 5.74) is 1.23. The van der Waals surface area contributed by atoms with Crippen molar-refractivity contribution in [3.8, 4) is 0 Å². The van der Waals surface area contributed by atoms with E-state index in [1.807, 2.05) is 14.0 Å². The average Bonchev–Trinajstić information content (AvgIpc) is 2.18. The summed E-state index contributed by atoms with van der Waals surface area (Å²) in [6.45, 7) is 1.91. The van der Waals surface area contributed by atoms with Crippen molar-refractivity contribution in [3.63, 3.8) is 0 Å². The van der Waals surface area contributed by atoms with Gasteiger partial charge in [0.2, 0.25) is 0 Å². The molecule has 0 unspecified atom stereocenters. The standard InChI is InChI=1S/C11H17N3O/c1-8-7-13-9(10(12-2)14-8)6-11(15)4-3-5-11/h7,15H,3-6H2,1-2H3,(H,12,14). The monoisotopic (exact) mass is 207 g/mol. The summed E-state index contributed by atoms with van der Waals surface area (Å²) < 4.78 is 0. The van der Waals surface area contributed by atoms with Gasteiger partial charge in [0.15, 0.2) is 0 Å². The Hall–Kier alpha value is -1.16. The number of hydrogen-bond acceptors (Lipinski definition) is 4. The first-order valence-corrected chi connectivity index (χ1v) is 5.36. The SMILES string of the molecule is CNc1nc(C)cnc1CC1(O)CCC1. The fraction of sp³-hybridized carbons (Fsp3) is 0.636. The number of hydrogen-bond donors (Lipinski definition) is 2. The van der Waals surface area contributed by atoms with Gasteiger partial charge in [0.05, 0.1) is 17.0 Å². The number of anilines is 1. The van der Waals surface area contributed by atoms with Crippen LogP contribution in [0.2, 0.25) is 0 Å². The maximum atomic E-state index is 10.1. The molecule has 1 aliphatic rings. The van der Waals surface area contributed by atoms with E-state index in [-0.39, 0.29) is 0 Å². The van der Waals surface area contributed by atoms with Crippen LogP contribution in [0.25, 0.3) is 0 Å². The van der Waals surface area contributed by atoms with E-state index in [9.17, 15) is 5.11 Å². The van der Waals surface area contributed by atoms with Crippen molar-refractivity contribution in [2.24, 2.45) is 0 Å². The number of aromatic nitrogens is 2. The lowest BCUT2D eigenvalue weighted by Gasteiger charge is -2.36. The van der Waals surface area contributed by atoms with Gasteiger partial charge in [-0.2, -0.15) is 0 Å². The van der Waals surface area contributed by atoms with E-state index in [0.29, 0.717) is 6.42 Å². The smallest absolute Gasteiger partial charge is 0.147 e. The van der Waals surface area contributed by atoms with E-state index in [1.54, 1.807) is 6.20 Å². The minimum atomic E-state index is -0.532. The highest BCUT2D eigenvalue weighted by atomic mass is 16.3. The Bertz CT molecular complexity index is 361. The van der Waals surface area contributed by atoms with Crippen molar-refractivity contribution in [1.82, 2.24) is 9.97 Å². The van der Waals surface area contributed by atoms with Crippen LogP contribution >= 0.6 is 0 Å². The first-order chi connectivity index (χ1) is 7.13. The second kappa shape index (κ2) is 3.77. The molecule has 0 spiro atoms. The fourth-order valence-corrected chi connectivity index (χ4v) is 1.91. The molecular weight excluding hydrogens is 190 g/mol. The third kappa shape index (κ3) is 2.09. The van der Waals surface area contributed by atoms with E-state index in [2.05, 4.69) is 15.3 Å². The number of nitrogens with one attached hydrogen (secondary N) is 1. The molecule has 4 nitrogen and oxygen atoms in total. The van der Waals surface area contributed by atoms with Crippen LogP contribution in [-0.2, 0) is 6.42 Å². The molecule has 0 bridgehead atoms. The van der Waals surface area contributed by atoms with Crippen molar-refractivity contribution in [2.45, 2.75) is 38.2 Å². The van der Waals surface area contributed by atoms with E-state index in [4.69, 9.17) is 0 Å². The van der Waals surface area contributed by atoms with Gasteiger partial charge in [-0.1, -0.05) is 0 Å². The van der Waals surface area contributed by atoms with Gasteiger partial charge < -0.3 is 10.4 Å². The third-order valence-electron chi connectivity index (χ3n) is 2.99. The molecule has 1 aromatic heterocycles. The van der Waals surface area contributed by atoms with Crippen LogP contribution < -0.4 is 5.32 Å². The maximum absolute atomic E-state index is 10.1. The number of aliphatic hydroxyl groups is 1. The van der Waals surface area contributed by atoms with Gasteiger partial charge in [-0.05, 0) is 26.2 Å². The minimum Gasteiger partial charge on any atom is -0.389 e. The summed E-state index contributed by atoms with van der Waals surface area (Å²) in [6, 6.07) is 0. The first-order valence-electron chi connectivity index (χ1n) is 5.36. The second-order valence-corrected chi connectivity index (χ2v) is 4.31. The Kier molecular flexibility index (Phi) is 2.61. The topological polar surface area (TPSA) is 58.0 Å². The van der Waals surface area contributed by atoms with Crippen LogP contribution in [0.5, 0.6) is 0 Å². The molecule has 0 radical (unpaired) electrons. The van der Waals surface area contributed by atoms with Crippen molar-refractivity contribution in [2.75, 3.05) is 12.4 Å². The summed E-state index contributed by atoms with van der Waals surface area (Å²) >= 11 is 0. The van der Waals surface area contributed by atoms with Crippen LogP contribution in [0.1, 0.15) is 30.7 Å². The Morgan fingerprint density at radius 2 is 2.27 bits per heavy atom. The zero-order valence-electron chi connectivity index (χ0n) is 9.25. The molecule has 4 heteroatoms. The summed E-state index contributed by atoms with van der Waals surface area (Å²) in [5.74, 6) is 0.787. The molecule has 0 atom stereocenters. The number of nitrogens with zero attached hydrogens (tertiary/aromatic N) is 2. The Morgan fingerprint density at radius 1 is 1.53 bits per heavy atom. The lowest BCUT2D eigenvalue weighted by atomic mass is 9.77. The van der Waals surface area contributed by atoms with Crippen LogP contribution in [0.3, 0.4) is 0 Å². The van der Waals surface area contributed by atoms with Gasteiger partial charge in [0.1, 0.15) is 5.82 Å². The van der Waals surface area contributed by atoms with Crippen LogP contribution in [0.15, 0.2) is 6.20 Å². The van der Waals surface area contributed by atoms with Gasteiger partial charge >= 0.3 is 0 Å². The van der Waals surface area contributed by atoms with E-state index >= 15 is 0 Å². The zero-order chi connectivity index (χ0) is 10.9. The predicted molar refractivity (Wildman–Crippen MR) is 58.8 cm³/mol. The molecule has 0 aromatic carbocycles. The summed E-state index contributed by atoms with van der Waals surface area (Å²) in [4.78, 5) is 8.68. The van der Waals surface area contributed by atoms with Crippen molar-refractivity contribution in [1.29, 1.82) is 0 Å². The Labute approximate surface area is 89.8 Å². The Balaban J connectivity index is 2.20. The molecule has 0 saturated heterocycles. The zero-order valence-corrected chi connectivity index (χ0v) is 9.25. The van der Waals surface area contributed by atoms with Gasteiger partial charge in [0.25, 0.3) is 0 Å². The highest BCUT2D eigenvalue weighted by molar-refractivity contribution is 5.40. The van der Waals surface area contributed by atoms with Crippen molar-refractivity contribution in [3.05, 3.63) is 17.6 Å². The highest BCUT2D eigenvalue weighted by Gasteiger charge is 2.35. The normalized spacial score (nSPS) is 18.3. The summed E-state index contributed by atoms with van der Waals surface area (Å²) in [7, 11) is 1.83. The molecule has 2 rings (SSSR count). The first kappa shape index (κ1) is 10.4. The molecule has 2 N–H and O–H groups in total. The second-order valence-electron chi connectivity index (χ2n) is 4.31. The summed E-state index contributed by atoms with van der Waals surface area (Å²) in [5, 5.41) is 13.1. The van der Waals surface area contributed by atoms with Gasteiger partial charge in [0, 0.05) is 19.7 Å². The highest BCUT2D eigenvalue weighted by Crippen LogP contribution is 2.35. The van der Waals surface area contributed by atoms with E-state index < -0.39 is 5.60 Å². The van der Waals surface area contributed by atoms with Gasteiger partial charge in [-0.15, -0.1) is 0 Å². The van der Waals surface area contributed by atoms with Gasteiger partial charge in [-0.3, -0.25) is 4.98 Å². The van der Waals surface area contributed by atoms with Crippen molar-refractivity contribution >= 4 is 5.82 Å². The molecule has 1 heterocycles. The molecule has 0 amide bonds. The molecule has 1 aromatic rings. The third-order valence-corrected chi connectivity index (χ3v) is 2.99. The minimum absolute atomic E-state index is 0.532. The number of rotatable bonds is 3. The van der Waals surface area contributed by atoms with Crippen LogP contribution in [-0.4, -0.2) is 27.7 Å². The fourth-order valence-electron chi connectivity index (χ4n) is 1.91. The molecule has 1 saturated carbocycles. The Morgan fingerprint density at radius 3 is 2.80 bits per heavy atom. The van der Waals surface area contributed by atoms with Crippen molar-refractivity contribution < 1.29 is 5.11 Å². The largest absolute Gasteiger partial charge is 0.389 e.